The molecule has 0 radical (unpaired) electrons. The lowest BCUT2D eigenvalue weighted by atomic mass is 9.98. The van der Waals surface area contributed by atoms with Gasteiger partial charge in [0.15, 0.2) is 6.29 Å². The number of aliphatic hydroxyl groups is 1. The second-order valence-corrected chi connectivity index (χ2v) is 9.63. The number of nitrogen functional groups attached to an aromatic ring is 1. The van der Waals surface area contributed by atoms with E-state index in [9.17, 15) is 19.1 Å². The van der Waals surface area contributed by atoms with Crippen molar-refractivity contribution in [2.24, 2.45) is 11.6 Å². The maximum Gasteiger partial charge on any atom is 0.257 e. The van der Waals surface area contributed by atoms with Crippen LogP contribution in [0.15, 0.2) is 47.5 Å². The Morgan fingerprint density at radius 2 is 2.00 bits per heavy atom. The number of methoxy groups -OCH3 is 1. The monoisotopic (exact) mass is 575 g/mol. The predicted octanol–water partition coefficient (Wildman–Crippen LogP) is 2.89. The highest BCUT2D eigenvalue weighted by atomic mass is 19.1. The Morgan fingerprint density at radius 1 is 1.26 bits per heavy atom. The van der Waals surface area contributed by atoms with Crippen LogP contribution in [0.5, 0.6) is 0 Å². The van der Waals surface area contributed by atoms with E-state index in [2.05, 4.69) is 4.98 Å². The molecule has 0 aliphatic carbocycles. The molecule has 4 aromatic rings. The molecule has 1 aliphatic heterocycles. The van der Waals surface area contributed by atoms with E-state index in [0.29, 0.717) is 56.8 Å². The highest BCUT2D eigenvalue weighted by Crippen LogP contribution is 2.38. The van der Waals surface area contributed by atoms with E-state index < -0.39 is 17.5 Å². The van der Waals surface area contributed by atoms with E-state index in [1.807, 2.05) is 13.8 Å². The first kappa shape index (κ1) is 30.3. The SMILES string of the molecule is CC.COCc1c(C(O)C=O)cc2n(c1=O)Cc1c-2nc2cc(F)c(C)cc2c1CN(N)/C=C(\N)c1ccc(N)nc1. The molecular weight excluding hydrogens is 541 g/mol. The van der Waals surface area contributed by atoms with E-state index in [4.69, 9.17) is 27.0 Å². The second kappa shape index (κ2) is 12.5. The molecule has 0 saturated heterocycles. The van der Waals surface area contributed by atoms with Gasteiger partial charge in [-0.1, -0.05) is 13.8 Å². The molecule has 3 aromatic heterocycles. The maximum atomic E-state index is 14.6. The summed E-state index contributed by atoms with van der Waals surface area (Å²) in [5.41, 5.74) is 15.8. The van der Waals surface area contributed by atoms with E-state index in [1.165, 1.54) is 28.9 Å². The van der Waals surface area contributed by atoms with Gasteiger partial charge in [-0.25, -0.2) is 20.2 Å². The lowest BCUT2D eigenvalue weighted by Crippen LogP contribution is -2.27. The third-order valence-corrected chi connectivity index (χ3v) is 6.98. The van der Waals surface area contributed by atoms with Gasteiger partial charge in [0, 0.05) is 53.2 Å². The number of benzene rings is 1. The number of nitrogens with zero attached hydrogens (tertiary/aromatic N) is 4. The molecule has 11 nitrogen and oxygen atoms in total. The lowest BCUT2D eigenvalue weighted by Gasteiger charge is -2.19. The molecular formula is C30H34FN7O4. The fourth-order valence-corrected chi connectivity index (χ4v) is 4.96. The normalized spacial score (nSPS) is 12.8. The van der Waals surface area contributed by atoms with Crippen molar-refractivity contribution >= 4 is 28.7 Å². The van der Waals surface area contributed by atoms with Crippen LogP contribution < -0.4 is 22.9 Å². The van der Waals surface area contributed by atoms with Gasteiger partial charge in [-0.15, -0.1) is 0 Å². The van der Waals surface area contributed by atoms with Crippen LogP contribution in [0.4, 0.5) is 10.2 Å². The van der Waals surface area contributed by atoms with Crippen molar-refractivity contribution in [1.29, 1.82) is 0 Å². The summed E-state index contributed by atoms with van der Waals surface area (Å²) in [7, 11) is 1.42. The van der Waals surface area contributed by atoms with Gasteiger partial charge in [-0.3, -0.25) is 4.79 Å². The molecule has 0 fully saturated rings. The first-order valence-corrected chi connectivity index (χ1v) is 13.3. The number of hydrogen-bond acceptors (Lipinski definition) is 10. The number of aryl methyl sites for hydroxylation is 1. The zero-order valence-corrected chi connectivity index (χ0v) is 23.9. The highest BCUT2D eigenvalue weighted by Gasteiger charge is 2.30. The van der Waals surface area contributed by atoms with Gasteiger partial charge in [0.05, 0.1) is 42.3 Å². The summed E-state index contributed by atoms with van der Waals surface area (Å²) in [6, 6.07) is 7.93. The number of fused-ring (bicyclic) bond motifs is 4. The smallest absolute Gasteiger partial charge is 0.257 e. The Balaban J connectivity index is 0.00000198. The van der Waals surface area contributed by atoms with Crippen LogP contribution in [0, 0.1) is 12.7 Å². The molecule has 1 aromatic carbocycles. The van der Waals surface area contributed by atoms with Crippen LogP contribution in [0.3, 0.4) is 0 Å². The molecule has 4 heterocycles. The van der Waals surface area contributed by atoms with Crippen molar-refractivity contribution in [3.05, 3.63) is 92.3 Å². The Bertz CT molecular complexity index is 1740. The number of nitrogens with two attached hydrogens (primary N) is 3. The van der Waals surface area contributed by atoms with Gasteiger partial charge in [-0.05, 0) is 42.3 Å². The molecule has 0 bridgehead atoms. The molecule has 1 atom stereocenters. The van der Waals surface area contributed by atoms with E-state index in [0.717, 1.165) is 5.56 Å². The first-order valence-electron chi connectivity index (χ1n) is 13.3. The molecule has 42 heavy (non-hydrogen) atoms. The summed E-state index contributed by atoms with van der Waals surface area (Å²) < 4.78 is 21.3. The average molecular weight is 576 g/mol. The number of halogens is 1. The molecule has 0 saturated carbocycles. The fourth-order valence-electron chi connectivity index (χ4n) is 4.96. The summed E-state index contributed by atoms with van der Waals surface area (Å²) in [6.07, 6.45) is 1.90. The molecule has 12 heteroatoms. The molecule has 1 aliphatic rings. The van der Waals surface area contributed by atoms with Crippen LogP contribution in [-0.4, -0.2) is 38.0 Å². The standard InChI is InChI=1S/C28H28FN7O4.C2H6/c1-14-5-16-18(9-35(32)11-22(30)15-3-4-26(31)33-8-15)19-10-36-24(27(19)34-23(16)7-21(14)29)6-17(25(38)12-37)20(13-40-2)28(36)39;1-2/h3-8,11-12,25,38H,9-10,13,30,32H2,1-2H3,(H2,31,33);1-2H3/b22-11-;. The summed E-state index contributed by atoms with van der Waals surface area (Å²) in [5, 5.41) is 12.4. The van der Waals surface area contributed by atoms with Crippen molar-refractivity contribution < 1.29 is 19.0 Å². The topological polar surface area (TPSA) is 176 Å². The highest BCUT2D eigenvalue weighted by molar-refractivity contribution is 5.89. The lowest BCUT2D eigenvalue weighted by molar-refractivity contribution is -0.115. The van der Waals surface area contributed by atoms with Crippen molar-refractivity contribution in [2.75, 3.05) is 12.8 Å². The second-order valence-electron chi connectivity index (χ2n) is 9.63. The Morgan fingerprint density at radius 3 is 2.64 bits per heavy atom. The average Bonchev–Trinajstić information content (AvgIpc) is 3.34. The minimum atomic E-state index is -1.52. The van der Waals surface area contributed by atoms with E-state index in [1.54, 1.807) is 37.4 Å². The molecule has 0 spiro atoms. The fraction of sp³-hybridized carbons (Fsp3) is 0.267. The number of carbonyl (C=O) groups is 1. The summed E-state index contributed by atoms with van der Waals surface area (Å²) >= 11 is 0. The Labute approximate surface area is 242 Å². The van der Waals surface area contributed by atoms with Gasteiger partial charge < -0.3 is 35.7 Å². The Kier molecular flexibility index (Phi) is 9.00. The van der Waals surface area contributed by atoms with Crippen LogP contribution >= 0.6 is 0 Å². The molecule has 0 amide bonds. The van der Waals surface area contributed by atoms with Gasteiger partial charge in [0.2, 0.25) is 0 Å². The van der Waals surface area contributed by atoms with Crippen molar-refractivity contribution in [1.82, 2.24) is 19.5 Å². The number of anilines is 1. The van der Waals surface area contributed by atoms with Gasteiger partial charge in [-0.2, -0.15) is 0 Å². The van der Waals surface area contributed by atoms with Gasteiger partial charge >= 0.3 is 0 Å². The number of rotatable bonds is 8. The number of hydrogen-bond donors (Lipinski definition) is 4. The molecule has 1 unspecified atom stereocenters. The van der Waals surface area contributed by atoms with Crippen molar-refractivity contribution in [3.63, 3.8) is 0 Å². The molecule has 5 rings (SSSR count). The predicted molar refractivity (Wildman–Crippen MR) is 159 cm³/mol. The number of aliphatic hydroxyl groups excluding tert-OH is 1. The third-order valence-electron chi connectivity index (χ3n) is 6.98. The summed E-state index contributed by atoms with van der Waals surface area (Å²) in [6.45, 7) is 5.86. The van der Waals surface area contributed by atoms with Gasteiger partial charge in [0.25, 0.3) is 5.56 Å². The number of aromatic nitrogens is 3. The van der Waals surface area contributed by atoms with Crippen LogP contribution in [0.25, 0.3) is 28.0 Å². The summed E-state index contributed by atoms with van der Waals surface area (Å²) in [5.74, 6) is 6.31. The van der Waals surface area contributed by atoms with E-state index in [-0.39, 0.29) is 30.8 Å². The largest absolute Gasteiger partial charge is 0.397 e. The van der Waals surface area contributed by atoms with Crippen LogP contribution in [0.1, 0.15) is 53.3 Å². The minimum absolute atomic E-state index is 0.0942. The molecule has 220 valence electrons. The number of pyridine rings is 3. The number of carbonyl (C=O) groups excluding carboxylic acids is 1. The van der Waals surface area contributed by atoms with Gasteiger partial charge in [0.1, 0.15) is 17.7 Å². The number of aldehydes is 1. The van der Waals surface area contributed by atoms with Crippen LogP contribution in [0.2, 0.25) is 0 Å². The van der Waals surface area contributed by atoms with Crippen molar-refractivity contribution in [3.8, 4) is 11.4 Å². The number of hydrazine groups is 1. The van der Waals surface area contributed by atoms with Crippen LogP contribution in [-0.2, 0) is 29.2 Å². The van der Waals surface area contributed by atoms with E-state index >= 15 is 0 Å². The zero-order chi connectivity index (χ0) is 30.7. The summed E-state index contributed by atoms with van der Waals surface area (Å²) in [4.78, 5) is 33.7. The maximum absolute atomic E-state index is 14.6. The minimum Gasteiger partial charge on any atom is -0.397 e. The third kappa shape index (κ3) is 5.59. The number of ether oxygens (including phenoxy) is 1. The first-order chi connectivity index (χ1) is 20.1. The quantitative estimate of drug-likeness (QED) is 0.122. The molecule has 7 N–H and O–H groups in total. The Hall–Kier alpha value is -4.65. The zero-order valence-electron chi connectivity index (χ0n) is 23.9. The van der Waals surface area contributed by atoms with Crippen molar-refractivity contribution in [2.45, 2.75) is 46.6 Å².